The van der Waals surface area contributed by atoms with Crippen LogP contribution in [0.3, 0.4) is 0 Å². The highest BCUT2D eigenvalue weighted by Crippen LogP contribution is 2.24. The van der Waals surface area contributed by atoms with Crippen molar-refractivity contribution in [2.45, 2.75) is 20.4 Å². The molecular formula is C19H19N3O3. The molecule has 2 aromatic heterocycles. The van der Waals surface area contributed by atoms with E-state index >= 15 is 0 Å². The molecule has 0 atom stereocenters. The Balaban J connectivity index is 1.82. The number of benzene rings is 1. The van der Waals surface area contributed by atoms with Gasteiger partial charge in [0.1, 0.15) is 0 Å². The number of rotatable bonds is 5. The minimum atomic E-state index is -1.05. The van der Waals surface area contributed by atoms with Crippen molar-refractivity contribution in [3.05, 3.63) is 69.8 Å². The van der Waals surface area contributed by atoms with Crippen LogP contribution >= 0.6 is 0 Å². The summed E-state index contributed by atoms with van der Waals surface area (Å²) in [6.45, 7) is 4.83. The van der Waals surface area contributed by atoms with Gasteiger partial charge >= 0.3 is 5.97 Å². The van der Waals surface area contributed by atoms with Crippen LogP contribution in [0.2, 0.25) is 0 Å². The van der Waals surface area contributed by atoms with Gasteiger partial charge in [0.25, 0.3) is 5.56 Å². The van der Waals surface area contributed by atoms with Gasteiger partial charge in [-0.15, -0.1) is 0 Å². The van der Waals surface area contributed by atoms with Gasteiger partial charge in [0.15, 0.2) is 0 Å². The molecule has 0 saturated heterocycles. The Kier molecular flexibility index (Phi) is 4.52. The first kappa shape index (κ1) is 16.7. The third-order valence-corrected chi connectivity index (χ3v) is 3.99. The topological polar surface area (TPSA) is 84.2 Å². The minimum absolute atomic E-state index is 0.0976. The van der Waals surface area contributed by atoms with Gasteiger partial charge in [-0.25, -0.2) is 4.79 Å². The number of fused-ring (bicyclic) bond motifs is 1. The van der Waals surface area contributed by atoms with Crippen molar-refractivity contribution >= 4 is 22.6 Å². The van der Waals surface area contributed by atoms with E-state index in [2.05, 4.69) is 16.4 Å². The van der Waals surface area contributed by atoms with Gasteiger partial charge in [-0.05, 0) is 38.1 Å². The lowest BCUT2D eigenvalue weighted by Crippen LogP contribution is -2.23. The van der Waals surface area contributed by atoms with E-state index in [-0.39, 0.29) is 11.1 Å². The van der Waals surface area contributed by atoms with E-state index in [0.717, 1.165) is 27.8 Å². The largest absolute Gasteiger partial charge is 0.478 e. The zero-order chi connectivity index (χ0) is 18.0. The van der Waals surface area contributed by atoms with Crippen molar-refractivity contribution in [1.82, 2.24) is 9.55 Å². The fraction of sp³-hybridized carbons (Fsp3) is 0.211. The molecule has 0 fully saturated rings. The number of aromatic carboxylic acids is 1. The molecule has 0 amide bonds. The van der Waals surface area contributed by atoms with Crippen molar-refractivity contribution in [3.63, 3.8) is 0 Å². The molecule has 0 unspecified atom stereocenters. The second-order valence-corrected chi connectivity index (χ2v) is 6.01. The number of anilines is 1. The third-order valence-electron chi connectivity index (χ3n) is 3.99. The summed E-state index contributed by atoms with van der Waals surface area (Å²) < 4.78 is 1.40. The van der Waals surface area contributed by atoms with Crippen LogP contribution in [0.4, 0.5) is 5.69 Å². The Morgan fingerprint density at radius 3 is 2.76 bits per heavy atom. The zero-order valence-electron chi connectivity index (χ0n) is 14.1. The lowest BCUT2D eigenvalue weighted by atomic mass is 10.1. The van der Waals surface area contributed by atoms with Gasteiger partial charge in [-0.2, -0.15) is 0 Å². The number of carbonyl (C=O) groups is 1. The summed E-state index contributed by atoms with van der Waals surface area (Å²) in [5.74, 6) is -1.05. The molecule has 2 N–H and O–H groups in total. The van der Waals surface area contributed by atoms with E-state index in [1.807, 2.05) is 32.0 Å². The Morgan fingerprint density at radius 2 is 2.00 bits per heavy atom. The molecule has 6 heteroatoms. The van der Waals surface area contributed by atoms with Crippen LogP contribution in [-0.4, -0.2) is 27.2 Å². The number of aryl methyl sites for hydroxylation is 2. The van der Waals surface area contributed by atoms with Crippen molar-refractivity contribution in [2.75, 3.05) is 11.9 Å². The normalized spacial score (nSPS) is 10.8. The number of carboxylic acids is 1. The molecule has 2 heterocycles. The van der Waals surface area contributed by atoms with Crippen molar-refractivity contribution in [3.8, 4) is 0 Å². The fourth-order valence-electron chi connectivity index (χ4n) is 2.76. The molecule has 0 aliphatic rings. The highest BCUT2D eigenvalue weighted by molar-refractivity contribution is 5.92. The van der Waals surface area contributed by atoms with Crippen molar-refractivity contribution in [1.29, 1.82) is 0 Å². The first-order chi connectivity index (χ1) is 11.9. The summed E-state index contributed by atoms with van der Waals surface area (Å²) in [7, 11) is 0. The molecule has 0 radical (unpaired) electrons. The van der Waals surface area contributed by atoms with Gasteiger partial charge in [-0.3, -0.25) is 9.78 Å². The van der Waals surface area contributed by atoms with Crippen LogP contribution in [0.5, 0.6) is 0 Å². The molecule has 1 aromatic carbocycles. The maximum absolute atomic E-state index is 11.9. The number of hydrogen-bond acceptors (Lipinski definition) is 4. The summed E-state index contributed by atoms with van der Waals surface area (Å²) in [6.07, 6.45) is 1.37. The van der Waals surface area contributed by atoms with Crippen LogP contribution in [-0.2, 0) is 6.54 Å². The lowest BCUT2D eigenvalue weighted by Gasteiger charge is -2.12. The van der Waals surface area contributed by atoms with Crippen molar-refractivity contribution < 1.29 is 9.90 Å². The smallest absolute Gasteiger partial charge is 0.337 e. The van der Waals surface area contributed by atoms with Crippen LogP contribution in [0.1, 0.15) is 21.6 Å². The van der Waals surface area contributed by atoms with Crippen molar-refractivity contribution in [2.24, 2.45) is 0 Å². The van der Waals surface area contributed by atoms with E-state index < -0.39 is 5.97 Å². The van der Waals surface area contributed by atoms with Crippen LogP contribution < -0.4 is 10.9 Å². The SMILES string of the molecule is Cc1ccc2nc(C)cc(NCCn3cc(C(=O)O)ccc3=O)c2c1. The summed E-state index contributed by atoms with van der Waals surface area (Å²) >= 11 is 0. The second-order valence-electron chi connectivity index (χ2n) is 6.01. The number of hydrogen-bond donors (Lipinski definition) is 2. The van der Waals surface area contributed by atoms with E-state index in [9.17, 15) is 9.59 Å². The van der Waals surface area contributed by atoms with E-state index in [1.165, 1.54) is 22.9 Å². The highest BCUT2D eigenvalue weighted by atomic mass is 16.4. The summed E-state index contributed by atoms with van der Waals surface area (Å²) in [5, 5.41) is 13.4. The Bertz CT molecular complexity index is 1010. The number of pyridine rings is 2. The van der Waals surface area contributed by atoms with E-state index in [4.69, 9.17) is 5.11 Å². The summed E-state index contributed by atoms with van der Waals surface area (Å²) in [5.41, 5.74) is 3.79. The monoisotopic (exact) mass is 337 g/mol. The first-order valence-electron chi connectivity index (χ1n) is 8.00. The average Bonchev–Trinajstić information content (AvgIpc) is 2.56. The maximum Gasteiger partial charge on any atom is 0.337 e. The molecule has 6 nitrogen and oxygen atoms in total. The van der Waals surface area contributed by atoms with Gasteiger partial charge in [-0.1, -0.05) is 11.6 Å². The maximum atomic E-state index is 11.9. The molecule has 0 aliphatic carbocycles. The summed E-state index contributed by atoms with van der Waals surface area (Å²) in [6, 6.07) is 10.6. The first-order valence-corrected chi connectivity index (χ1v) is 8.00. The molecule has 3 aromatic rings. The average molecular weight is 337 g/mol. The zero-order valence-corrected chi connectivity index (χ0v) is 14.1. The standard InChI is InChI=1S/C19H19N3O3/c1-12-3-5-16-15(9-12)17(10-13(2)21-16)20-7-8-22-11-14(19(24)25)4-6-18(22)23/h3-6,9-11H,7-8H2,1-2H3,(H,20,21)(H,24,25). The molecule has 0 bridgehead atoms. The Labute approximate surface area is 144 Å². The highest BCUT2D eigenvalue weighted by Gasteiger charge is 2.07. The van der Waals surface area contributed by atoms with Crippen LogP contribution in [0.15, 0.2) is 47.4 Å². The van der Waals surface area contributed by atoms with Crippen LogP contribution in [0.25, 0.3) is 10.9 Å². The molecule has 0 aliphatic heterocycles. The quantitative estimate of drug-likeness (QED) is 0.748. The molecule has 128 valence electrons. The molecule has 3 rings (SSSR count). The number of nitrogens with zero attached hydrogens (tertiary/aromatic N) is 2. The fourth-order valence-corrected chi connectivity index (χ4v) is 2.76. The molecule has 25 heavy (non-hydrogen) atoms. The lowest BCUT2D eigenvalue weighted by molar-refractivity contribution is 0.0696. The number of aromatic nitrogens is 2. The third kappa shape index (κ3) is 3.68. The van der Waals surface area contributed by atoms with E-state index in [1.54, 1.807) is 0 Å². The summed E-state index contributed by atoms with van der Waals surface area (Å²) in [4.78, 5) is 27.4. The molecular weight excluding hydrogens is 318 g/mol. The Morgan fingerprint density at radius 1 is 1.20 bits per heavy atom. The van der Waals surface area contributed by atoms with Crippen LogP contribution in [0, 0.1) is 13.8 Å². The molecule has 0 saturated carbocycles. The minimum Gasteiger partial charge on any atom is -0.478 e. The Hall–Kier alpha value is -3.15. The van der Waals surface area contributed by atoms with Gasteiger partial charge < -0.3 is 15.0 Å². The predicted octanol–water partition coefficient (Wildman–Crippen LogP) is 2.82. The second kappa shape index (κ2) is 6.76. The molecule has 0 spiro atoms. The van der Waals surface area contributed by atoms with Gasteiger partial charge in [0.2, 0.25) is 0 Å². The predicted molar refractivity (Wildman–Crippen MR) is 97.4 cm³/mol. The van der Waals surface area contributed by atoms with Gasteiger partial charge in [0.05, 0.1) is 11.1 Å². The van der Waals surface area contributed by atoms with Gasteiger partial charge in [0, 0.05) is 42.1 Å². The number of carboxylic acid groups (broad SMARTS) is 1. The number of nitrogens with one attached hydrogen (secondary N) is 1. The van der Waals surface area contributed by atoms with E-state index in [0.29, 0.717) is 13.1 Å².